The Morgan fingerprint density at radius 2 is 1.48 bits per heavy atom. The molecule has 0 aliphatic heterocycles. The summed E-state index contributed by atoms with van der Waals surface area (Å²) in [6.07, 6.45) is 5.86. The van der Waals surface area contributed by atoms with E-state index in [1.54, 1.807) is 0 Å². The zero-order valence-corrected chi connectivity index (χ0v) is 16.4. The third kappa shape index (κ3) is 8.55. The molecule has 2 rings (SSSR count). The van der Waals surface area contributed by atoms with Crippen molar-refractivity contribution >= 4 is 12.0 Å². The van der Waals surface area contributed by atoms with Crippen LogP contribution in [0.15, 0.2) is 54.6 Å². The summed E-state index contributed by atoms with van der Waals surface area (Å²) in [5.41, 5.74) is 1.67. The number of carbonyl (C=O) groups is 1. The maximum absolute atomic E-state index is 12.9. The van der Waals surface area contributed by atoms with Crippen molar-refractivity contribution in [3.63, 3.8) is 0 Å². The molecule has 0 spiro atoms. The van der Waals surface area contributed by atoms with Crippen LogP contribution in [0.3, 0.4) is 0 Å². The highest BCUT2D eigenvalue weighted by atomic mass is 19.4. The van der Waals surface area contributed by atoms with E-state index < -0.39 is 17.7 Å². The van der Waals surface area contributed by atoms with E-state index in [9.17, 15) is 18.0 Å². The highest BCUT2D eigenvalue weighted by molar-refractivity contribution is 5.85. The van der Waals surface area contributed by atoms with Crippen LogP contribution in [-0.2, 0) is 23.8 Å². The number of carboxylic acid groups (broad SMARTS) is 1. The van der Waals surface area contributed by atoms with E-state index in [4.69, 9.17) is 5.11 Å². The van der Waals surface area contributed by atoms with E-state index in [1.165, 1.54) is 24.1 Å². The topological polar surface area (TPSA) is 37.3 Å². The van der Waals surface area contributed by atoms with E-state index in [0.29, 0.717) is 12.0 Å². The van der Waals surface area contributed by atoms with Gasteiger partial charge in [-0.3, -0.25) is 0 Å². The van der Waals surface area contributed by atoms with E-state index >= 15 is 0 Å². The summed E-state index contributed by atoms with van der Waals surface area (Å²) in [4.78, 5) is 10.7. The molecule has 0 saturated heterocycles. The Hall–Kier alpha value is -2.56. The summed E-state index contributed by atoms with van der Waals surface area (Å²) in [5, 5.41) is 8.78. The van der Waals surface area contributed by atoms with Crippen molar-refractivity contribution in [1.29, 1.82) is 0 Å². The van der Waals surface area contributed by atoms with Crippen LogP contribution in [0.2, 0.25) is 0 Å². The van der Waals surface area contributed by atoms with E-state index in [1.807, 2.05) is 6.07 Å². The van der Waals surface area contributed by atoms with Crippen LogP contribution in [0, 0.1) is 0 Å². The molecule has 5 heteroatoms. The summed E-state index contributed by atoms with van der Waals surface area (Å²) in [6, 6.07) is 14.0. The molecule has 0 aromatic heterocycles. The summed E-state index contributed by atoms with van der Waals surface area (Å²) in [7, 11) is 0. The average molecular weight is 404 g/mol. The summed E-state index contributed by atoms with van der Waals surface area (Å²) < 4.78 is 38.8. The number of hydrogen-bond donors (Lipinski definition) is 1. The van der Waals surface area contributed by atoms with Gasteiger partial charge in [0.05, 0.1) is 5.56 Å². The van der Waals surface area contributed by atoms with Gasteiger partial charge in [-0.2, -0.15) is 13.2 Å². The maximum atomic E-state index is 12.9. The lowest BCUT2D eigenvalue weighted by Crippen LogP contribution is -2.06. The molecule has 1 N–H and O–H groups in total. The number of benzene rings is 2. The molecule has 2 aromatic carbocycles. The Morgan fingerprint density at radius 1 is 0.862 bits per heavy atom. The number of aryl methyl sites for hydroxylation is 2. The molecule has 0 unspecified atom stereocenters. The first-order chi connectivity index (χ1) is 13.9. The lowest BCUT2D eigenvalue weighted by atomic mass is 9.97. The Morgan fingerprint density at radius 3 is 2.10 bits per heavy atom. The van der Waals surface area contributed by atoms with Crippen molar-refractivity contribution < 1.29 is 23.1 Å². The van der Waals surface area contributed by atoms with E-state index in [2.05, 4.69) is 24.3 Å². The first-order valence-corrected chi connectivity index (χ1v) is 10.0. The van der Waals surface area contributed by atoms with Gasteiger partial charge in [-0.1, -0.05) is 62.1 Å². The molecule has 0 saturated carbocycles. The number of halogens is 3. The molecule has 0 aliphatic carbocycles. The molecule has 0 fully saturated rings. The van der Waals surface area contributed by atoms with Gasteiger partial charge >= 0.3 is 12.1 Å². The van der Waals surface area contributed by atoms with Crippen molar-refractivity contribution in [1.82, 2.24) is 0 Å². The molecule has 2 nitrogen and oxygen atoms in total. The molecule has 156 valence electrons. The predicted molar refractivity (Wildman–Crippen MR) is 110 cm³/mol. The average Bonchev–Trinajstić information content (AvgIpc) is 2.68. The maximum Gasteiger partial charge on any atom is 0.416 e. The highest BCUT2D eigenvalue weighted by Gasteiger charge is 2.30. The molecule has 0 heterocycles. The fourth-order valence-corrected chi connectivity index (χ4v) is 3.31. The van der Waals surface area contributed by atoms with Crippen molar-refractivity contribution in [2.24, 2.45) is 0 Å². The molecule has 2 aromatic rings. The number of rotatable bonds is 11. The number of alkyl halides is 3. The monoisotopic (exact) mass is 404 g/mol. The van der Waals surface area contributed by atoms with Gasteiger partial charge in [0.2, 0.25) is 0 Å². The lowest BCUT2D eigenvalue weighted by molar-refractivity contribution is -0.137. The number of hydrogen-bond acceptors (Lipinski definition) is 1. The quantitative estimate of drug-likeness (QED) is 0.326. The van der Waals surface area contributed by atoms with Crippen LogP contribution in [0.25, 0.3) is 6.08 Å². The van der Waals surface area contributed by atoms with Gasteiger partial charge in [0.25, 0.3) is 0 Å². The molecule has 0 radical (unpaired) electrons. The van der Waals surface area contributed by atoms with Gasteiger partial charge in [0.15, 0.2) is 0 Å². The van der Waals surface area contributed by atoms with Crippen molar-refractivity contribution in [2.45, 2.75) is 57.5 Å². The minimum absolute atomic E-state index is 0.324. The van der Waals surface area contributed by atoms with Crippen molar-refractivity contribution in [3.05, 3.63) is 76.9 Å². The second-order valence-corrected chi connectivity index (χ2v) is 7.19. The smallest absolute Gasteiger partial charge is 0.416 e. The third-order valence-corrected chi connectivity index (χ3v) is 4.88. The molecule has 0 atom stereocenters. The number of aliphatic carboxylic acids is 1. The van der Waals surface area contributed by atoms with Gasteiger partial charge in [-0.05, 0) is 60.6 Å². The van der Waals surface area contributed by atoms with Crippen LogP contribution in [-0.4, -0.2) is 11.1 Å². The Labute approximate surface area is 170 Å². The Balaban J connectivity index is 1.76. The summed E-state index contributed by atoms with van der Waals surface area (Å²) in [6.45, 7) is 0. The number of carboxylic acids is 1. The molecule has 0 bridgehead atoms. The first kappa shape index (κ1) is 22.7. The zero-order valence-electron chi connectivity index (χ0n) is 16.4. The van der Waals surface area contributed by atoms with E-state index in [-0.39, 0.29) is 0 Å². The van der Waals surface area contributed by atoms with Crippen molar-refractivity contribution in [3.8, 4) is 0 Å². The van der Waals surface area contributed by atoms with Crippen molar-refractivity contribution in [2.75, 3.05) is 0 Å². The fourth-order valence-electron chi connectivity index (χ4n) is 3.31. The Bertz CT molecular complexity index is 796. The van der Waals surface area contributed by atoms with Crippen LogP contribution >= 0.6 is 0 Å². The fraction of sp³-hybridized carbons (Fsp3) is 0.375. The van der Waals surface area contributed by atoms with Gasteiger partial charge in [0.1, 0.15) is 0 Å². The lowest BCUT2D eigenvalue weighted by Gasteiger charge is -2.11. The predicted octanol–water partition coefficient (Wildman–Crippen LogP) is 6.93. The van der Waals surface area contributed by atoms with Gasteiger partial charge in [-0.15, -0.1) is 0 Å². The molecule has 0 amide bonds. The van der Waals surface area contributed by atoms with Crippen LogP contribution < -0.4 is 0 Å². The Kier molecular flexibility index (Phi) is 8.97. The van der Waals surface area contributed by atoms with Gasteiger partial charge in [-0.25, -0.2) is 4.79 Å². The second kappa shape index (κ2) is 11.4. The minimum atomic E-state index is -4.44. The standard InChI is InChI=1S/C24H27F3O2/c25-24(26,27)22-16-14-20(21(18-22)15-17-23(28)29)13-9-4-2-1-3-6-10-19-11-7-5-8-12-19/h5,7-8,11-12,14-18H,1-4,6,9-10,13H2,(H,28,29)/b17-15+. The van der Waals surface area contributed by atoms with E-state index in [0.717, 1.165) is 62.3 Å². The van der Waals surface area contributed by atoms with Crippen LogP contribution in [0.4, 0.5) is 13.2 Å². The first-order valence-electron chi connectivity index (χ1n) is 10.0. The number of unbranched alkanes of at least 4 members (excludes halogenated alkanes) is 5. The summed E-state index contributed by atoms with van der Waals surface area (Å²) in [5.74, 6) is -1.18. The SMILES string of the molecule is O=C(O)/C=C/c1cc(C(F)(F)F)ccc1CCCCCCCCc1ccccc1. The second-order valence-electron chi connectivity index (χ2n) is 7.19. The highest BCUT2D eigenvalue weighted by Crippen LogP contribution is 2.31. The third-order valence-electron chi connectivity index (χ3n) is 4.88. The van der Waals surface area contributed by atoms with Gasteiger partial charge < -0.3 is 5.11 Å². The normalized spacial score (nSPS) is 11.8. The molecule has 0 aliphatic rings. The zero-order chi connectivity index (χ0) is 21.1. The molecular weight excluding hydrogens is 377 g/mol. The van der Waals surface area contributed by atoms with Crippen LogP contribution in [0.5, 0.6) is 0 Å². The van der Waals surface area contributed by atoms with Crippen LogP contribution in [0.1, 0.15) is 60.8 Å². The molecule has 29 heavy (non-hydrogen) atoms. The summed E-state index contributed by atoms with van der Waals surface area (Å²) >= 11 is 0. The van der Waals surface area contributed by atoms with Gasteiger partial charge in [0, 0.05) is 6.08 Å². The minimum Gasteiger partial charge on any atom is -0.478 e. The largest absolute Gasteiger partial charge is 0.478 e. The molecular formula is C24H27F3O2.